The zero-order valence-electron chi connectivity index (χ0n) is 10.4. The summed E-state index contributed by atoms with van der Waals surface area (Å²) >= 11 is 0. The molecule has 1 aromatic rings. The van der Waals surface area contributed by atoms with Gasteiger partial charge in [0.05, 0.1) is 0 Å². The molecule has 1 saturated heterocycles. The average Bonchev–Trinajstić information content (AvgIpc) is 2.77. The first kappa shape index (κ1) is 12.1. The van der Waals surface area contributed by atoms with Crippen LogP contribution in [0.3, 0.4) is 0 Å². The molecule has 1 aromatic carbocycles. The van der Waals surface area contributed by atoms with Crippen molar-refractivity contribution in [1.29, 1.82) is 5.41 Å². The molecule has 2 rings (SSSR count). The van der Waals surface area contributed by atoms with Crippen molar-refractivity contribution in [2.45, 2.75) is 26.3 Å². The Bertz CT molecular complexity index is 383. The summed E-state index contributed by atoms with van der Waals surface area (Å²) in [4.78, 5) is 2.51. The Kier molecular flexibility index (Phi) is 3.79. The lowest BCUT2D eigenvalue weighted by atomic mass is 10.1. The Morgan fingerprint density at radius 1 is 1.41 bits per heavy atom. The van der Waals surface area contributed by atoms with Crippen molar-refractivity contribution in [3.05, 3.63) is 35.4 Å². The van der Waals surface area contributed by atoms with Crippen LogP contribution in [0.5, 0.6) is 0 Å². The summed E-state index contributed by atoms with van der Waals surface area (Å²) in [6.45, 7) is 5.74. The van der Waals surface area contributed by atoms with E-state index in [-0.39, 0.29) is 5.84 Å². The van der Waals surface area contributed by atoms with Gasteiger partial charge in [-0.05, 0) is 24.4 Å². The number of hydrogen-bond acceptors (Lipinski definition) is 2. The number of nitrogens with zero attached hydrogens (tertiary/aromatic N) is 1. The van der Waals surface area contributed by atoms with Gasteiger partial charge in [0.2, 0.25) is 0 Å². The van der Waals surface area contributed by atoms with Crippen molar-refractivity contribution in [3.8, 4) is 0 Å². The molecule has 1 fully saturated rings. The minimum absolute atomic E-state index is 0.142. The molecule has 0 bridgehead atoms. The topological polar surface area (TPSA) is 53.1 Å². The summed E-state index contributed by atoms with van der Waals surface area (Å²) in [6, 6.07) is 8.03. The van der Waals surface area contributed by atoms with E-state index in [1.165, 1.54) is 31.5 Å². The monoisotopic (exact) mass is 231 g/mol. The molecule has 92 valence electrons. The molecule has 3 nitrogen and oxygen atoms in total. The maximum absolute atomic E-state index is 7.35. The Morgan fingerprint density at radius 2 is 2.12 bits per heavy atom. The van der Waals surface area contributed by atoms with Crippen LogP contribution in [0.1, 0.15) is 30.9 Å². The molecule has 0 spiro atoms. The standard InChI is InChI=1S/C14H21N3/c1-2-11-7-8-17(9-11)10-12-3-5-13(6-4-12)14(15)16/h3-6,11H,2,7-10H2,1H3,(H3,15,16). The summed E-state index contributed by atoms with van der Waals surface area (Å²) in [5, 5.41) is 7.35. The van der Waals surface area contributed by atoms with E-state index < -0.39 is 0 Å². The van der Waals surface area contributed by atoms with E-state index in [2.05, 4.69) is 24.0 Å². The number of benzene rings is 1. The summed E-state index contributed by atoms with van der Waals surface area (Å²) < 4.78 is 0. The average molecular weight is 231 g/mol. The number of rotatable bonds is 4. The number of nitrogens with two attached hydrogens (primary N) is 1. The van der Waals surface area contributed by atoms with E-state index in [1.807, 2.05) is 12.1 Å². The van der Waals surface area contributed by atoms with Gasteiger partial charge >= 0.3 is 0 Å². The van der Waals surface area contributed by atoms with Crippen molar-refractivity contribution in [1.82, 2.24) is 4.90 Å². The smallest absolute Gasteiger partial charge is 0.122 e. The molecule has 0 saturated carbocycles. The third-order valence-electron chi connectivity index (χ3n) is 3.62. The molecule has 1 aliphatic rings. The van der Waals surface area contributed by atoms with E-state index >= 15 is 0 Å². The van der Waals surface area contributed by atoms with Gasteiger partial charge in [0.1, 0.15) is 5.84 Å². The summed E-state index contributed by atoms with van der Waals surface area (Å²) in [5.74, 6) is 1.02. The highest BCUT2D eigenvalue weighted by atomic mass is 15.1. The fourth-order valence-electron chi connectivity index (χ4n) is 2.44. The highest BCUT2D eigenvalue weighted by Crippen LogP contribution is 2.20. The molecule has 0 aliphatic carbocycles. The van der Waals surface area contributed by atoms with Gasteiger partial charge in [0.15, 0.2) is 0 Å². The van der Waals surface area contributed by atoms with E-state index in [0.29, 0.717) is 0 Å². The van der Waals surface area contributed by atoms with Crippen LogP contribution >= 0.6 is 0 Å². The summed E-state index contributed by atoms with van der Waals surface area (Å²) in [5.41, 5.74) is 7.56. The van der Waals surface area contributed by atoms with Crippen molar-refractivity contribution >= 4 is 5.84 Å². The van der Waals surface area contributed by atoms with Crippen LogP contribution in [0.4, 0.5) is 0 Å². The first-order chi connectivity index (χ1) is 8.19. The molecule has 1 heterocycles. The number of nitrogen functional groups attached to an aromatic ring is 1. The highest BCUT2D eigenvalue weighted by molar-refractivity contribution is 5.94. The summed E-state index contributed by atoms with van der Waals surface area (Å²) in [6.07, 6.45) is 2.63. The van der Waals surface area contributed by atoms with Crippen LogP contribution in [0.25, 0.3) is 0 Å². The quantitative estimate of drug-likeness (QED) is 0.616. The van der Waals surface area contributed by atoms with E-state index in [0.717, 1.165) is 18.0 Å². The second-order valence-corrected chi connectivity index (χ2v) is 4.91. The molecule has 1 unspecified atom stereocenters. The van der Waals surface area contributed by atoms with Crippen molar-refractivity contribution < 1.29 is 0 Å². The van der Waals surface area contributed by atoms with E-state index in [9.17, 15) is 0 Å². The van der Waals surface area contributed by atoms with Crippen LogP contribution in [0.2, 0.25) is 0 Å². The zero-order valence-corrected chi connectivity index (χ0v) is 10.4. The van der Waals surface area contributed by atoms with Gasteiger partial charge in [0.25, 0.3) is 0 Å². The fraction of sp³-hybridized carbons (Fsp3) is 0.500. The van der Waals surface area contributed by atoms with Crippen LogP contribution in [0, 0.1) is 11.3 Å². The predicted octanol–water partition coefficient (Wildman–Crippen LogP) is 2.20. The maximum atomic E-state index is 7.35. The van der Waals surface area contributed by atoms with Gasteiger partial charge in [0, 0.05) is 18.7 Å². The molecule has 17 heavy (non-hydrogen) atoms. The third kappa shape index (κ3) is 3.07. The van der Waals surface area contributed by atoms with Gasteiger partial charge in [-0.2, -0.15) is 0 Å². The van der Waals surface area contributed by atoms with E-state index in [4.69, 9.17) is 11.1 Å². The molecule has 0 amide bonds. The van der Waals surface area contributed by atoms with Crippen LogP contribution < -0.4 is 5.73 Å². The minimum Gasteiger partial charge on any atom is -0.384 e. The second kappa shape index (κ2) is 5.32. The minimum atomic E-state index is 0.142. The molecule has 3 heteroatoms. The Hall–Kier alpha value is -1.35. The van der Waals surface area contributed by atoms with Crippen molar-refractivity contribution in [2.75, 3.05) is 13.1 Å². The predicted molar refractivity (Wildman–Crippen MR) is 71.1 cm³/mol. The Balaban J connectivity index is 1.93. The summed E-state index contributed by atoms with van der Waals surface area (Å²) in [7, 11) is 0. The highest BCUT2D eigenvalue weighted by Gasteiger charge is 2.20. The lowest BCUT2D eigenvalue weighted by Gasteiger charge is -2.15. The van der Waals surface area contributed by atoms with Crippen LogP contribution in [0.15, 0.2) is 24.3 Å². The van der Waals surface area contributed by atoms with Crippen molar-refractivity contribution in [2.24, 2.45) is 11.7 Å². The third-order valence-corrected chi connectivity index (χ3v) is 3.62. The molecular weight excluding hydrogens is 210 g/mol. The maximum Gasteiger partial charge on any atom is 0.122 e. The zero-order chi connectivity index (χ0) is 12.3. The lowest BCUT2D eigenvalue weighted by Crippen LogP contribution is -2.20. The van der Waals surface area contributed by atoms with E-state index in [1.54, 1.807) is 0 Å². The number of likely N-dealkylation sites (tertiary alicyclic amines) is 1. The van der Waals surface area contributed by atoms with Gasteiger partial charge < -0.3 is 5.73 Å². The number of hydrogen-bond donors (Lipinski definition) is 2. The number of amidine groups is 1. The normalized spacial score (nSPS) is 20.6. The van der Waals surface area contributed by atoms with Gasteiger partial charge in [-0.15, -0.1) is 0 Å². The number of nitrogens with one attached hydrogen (secondary N) is 1. The van der Waals surface area contributed by atoms with Gasteiger partial charge in [-0.25, -0.2) is 0 Å². The van der Waals surface area contributed by atoms with Crippen molar-refractivity contribution in [3.63, 3.8) is 0 Å². The second-order valence-electron chi connectivity index (χ2n) is 4.91. The van der Waals surface area contributed by atoms with Gasteiger partial charge in [-0.3, -0.25) is 10.3 Å². The Labute approximate surface area is 103 Å². The molecule has 0 radical (unpaired) electrons. The molecule has 0 aromatic heterocycles. The Morgan fingerprint density at radius 3 is 2.65 bits per heavy atom. The molecule has 1 atom stereocenters. The van der Waals surface area contributed by atoms with Gasteiger partial charge in [-0.1, -0.05) is 37.6 Å². The molecule has 3 N–H and O–H groups in total. The molecular formula is C14H21N3. The van der Waals surface area contributed by atoms with Crippen LogP contribution in [-0.4, -0.2) is 23.8 Å². The first-order valence-electron chi connectivity index (χ1n) is 6.34. The first-order valence-corrected chi connectivity index (χ1v) is 6.34. The molecule has 1 aliphatic heterocycles. The SMILES string of the molecule is CCC1CCN(Cc2ccc(C(=N)N)cc2)C1. The fourth-order valence-corrected chi connectivity index (χ4v) is 2.44. The van der Waals surface area contributed by atoms with Crippen LogP contribution in [-0.2, 0) is 6.54 Å². The lowest BCUT2D eigenvalue weighted by molar-refractivity contribution is 0.315. The largest absolute Gasteiger partial charge is 0.384 e.